The molecular weight excluding hydrogens is 424 g/mol. The van der Waals surface area contributed by atoms with Gasteiger partial charge in [0.25, 0.3) is 0 Å². The molecule has 0 saturated carbocycles. The third-order valence-electron chi connectivity index (χ3n) is 2.26. The van der Waals surface area contributed by atoms with Crippen LogP contribution in [0.15, 0.2) is 24.3 Å². The fourth-order valence-corrected chi connectivity index (χ4v) is 2.33. The minimum atomic E-state index is -5.53. The topological polar surface area (TPSA) is 9.23 Å². The zero-order valence-electron chi connectivity index (χ0n) is 9.60. The average Bonchev–Trinajstić information content (AvgIpc) is 2.26. The van der Waals surface area contributed by atoms with Crippen LogP contribution in [0.25, 0.3) is 0 Å². The number of benzene rings is 1. The summed E-state index contributed by atoms with van der Waals surface area (Å²) >= 11 is 7.31. The lowest BCUT2D eigenvalue weighted by molar-refractivity contribution is -0.330. The van der Waals surface area contributed by atoms with Gasteiger partial charge >= 0.3 is 12.4 Å². The number of hydrogen-bond acceptors (Lipinski definition) is 1. The first kappa shape index (κ1) is 17.8. The highest BCUT2D eigenvalue weighted by atomic mass is 127. The van der Waals surface area contributed by atoms with Gasteiger partial charge in [-0.25, -0.2) is 0 Å². The van der Waals surface area contributed by atoms with Crippen molar-refractivity contribution < 1.29 is 31.1 Å². The molecular formula is C11H8ClF6IO. The van der Waals surface area contributed by atoms with E-state index in [0.717, 1.165) is 0 Å². The molecule has 1 atom stereocenters. The molecule has 20 heavy (non-hydrogen) atoms. The van der Waals surface area contributed by atoms with Gasteiger partial charge in [-0.2, -0.15) is 26.3 Å². The van der Waals surface area contributed by atoms with E-state index in [9.17, 15) is 26.3 Å². The van der Waals surface area contributed by atoms with Crippen molar-refractivity contribution in [2.24, 2.45) is 0 Å². The molecule has 0 amide bonds. The van der Waals surface area contributed by atoms with Crippen LogP contribution >= 0.6 is 34.2 Å². The second-order valence-corrected chi connectivity index (χ2v) is 5.11. The third-order valence-corrected chi connectivity index (χ3v) is 3.29. The molecule has 0 aliphatic heterocycles. The Morgan fingerprint density at radius 2 is 1.65 bits per heavy atom. The fraction of sp³-hybridized carbons (Fsp3) is 0.455. The first-order valence-corrected chi connectivity index (χ1v) is 7.06. The Bertz CT molecular complexity index is 433. The highest BCUT2D eigenvalue weighted by molar-refractivity contribution is 14.1. The van der Waals surface area contributed by atoms with Crippen molar-refractivity contribution in [1.29, 1.82) is 0 Å². The van der Waals surface area contributed by atoms with Gasteiger partial charge in [0.15, 0.2) is 0 Å². The lowest BCUT2D eigenvalue weighted by Crippen LogP contribution is -2.45. The predicted molar refractivity (Wildman–Crippen MR) is 70.1 cm³/mol. The average molecular weight is 433 g/mol. The summed E-state index contributed by atoms with van der Waals surface area (Å²) in [5.74, 6) is 0. The molecule has 0 saturated heterocycles. The fourth-order valence-electron chi connectivity index (χ4n) is 1.42. The summed E-state index contributed by atoms with van der Waals surface area (Å²) in [6.45, 7) is 0. The van der Waals surface area contributed by atoms with E-state index in [1.54, 1.807) is 22.6 Å². The van der Waals surface area contributed by atoms with Gasteiger partial charge in [-0.3, -0.25) is 0 Å². The van der Waals surface area contributed by atoms with Gasteiger partial charge < -0.3 is 4.74 Å². The summed E-state index contributed by atoms with van der Waals surface area (Å²) in [7, 11) is 0. The molecule has 1 aromatic rings. The number of hydrogen-bond donors (Lipinski definition) is 0. The molecule has 1 aromatic carbocycles. The Balaban J connectivity index is 3.01. The van der Waals surface area contributed by atoms with Crippen molar-refractivity contribution in [3.05, 3.63) is 34.9 Å². The van der Waals surface area contributed by atoms with Crippen molar-refractivity contribution in [3.8, 4) is 0 Å². The molecule has 9 heteroatoms. The first-order valence-electron chi connectivity index (χ1n) is 5.16. The third kappa shape index (κ3) is 4.96. The second-order valence-electron chi connectivity index (χ2n) is 3.80. The summed E-state index contributed by atoms with van der Waals surface area (Å²) in [6, 6.07) is 5.52. The molecule has 1 unspecified atom stereocenters. The van der Waals surface area contributed by atoms with Gasteiger partial charge in [0.2, 0.25) is 6.10 Å². The van der Waals surface area contributed by atoms with Crippen molar-refractivity contribution in [1.82, 2.24) is 0 Å². The Morgan fingerprint density at radius 1 is 1.10 bits per heavy atom. The van der Waals surface area contributed by atoms with E-state index >= 15 is 0 Å². The molecule has 0 fully saturated rings. The van der Waals surface area contributed by atoms with E-state index < -0.39 is 24.6 Å². The van der Waals surface area contributed by atoms with Crippen LogP contribution in [0.2, 0.25) is 5.02 Å². The zero-order chi connectivity index (χ0) is 15.6. The van der Waals surface area contributed by atoms with E-state index in [4.69, 9.17) is 11.6 Å². The summed E-state index contributed by atoms with van der Waals surface area (Å²) in [5, 5.41) is 0.205. The van der Waals surface area contributed by atoms with Gasteiger partial charge in [0.05, 0.1) is 6.10 Å². The molecule has 0 bridgehead atoms. The first-order chi connectivity index (χ1) is 9.05. The Morgan fingerprint density at radius 3 is 2.05 bits per heavy atom. The largest absolute Gasteiger partial charge is 0.423 e. The maximum absolute atomic E-state index is 12.4. The van der Waals surface area contributed by atoms with E-state index in [-0.39, 0.29) is 15.0 Å². The minimum absolute atomic E-state index is 0.0826. The van der Waals surface area contributed by atoms with Gasteiger partial charge in [0, 0.05) is 9.45 Å². The Kier molecular flexibility index (Phi) is 5.97. The van der Waals surface area contributed by atoms with Crippen molar-refractivity contribution in [3.63, 3.8) is 0 Å². The van der Waals surface area contributed by atoms with Crippen LogP contribution in [-0.4, -0.2) is 22.9 Å². The molecule has 1 rings (SSSR count). The normalized spacial score (nSPS) is 14.7. The second kappa shape index (κ2) is 6.69. The molecule has 0 aliphatic carbocycles. The standard InChI is InChI=1S/C11H8ClF6IO/c12-7-3-1-2-6(4-7)8(5-19)20-9(10(13,14)15)11(16,17)18/h1-4,8-9H,5H2. The predicted octanol–water partition coefficient (Wildman–Crippen LogP) is 5.33. The molecule has 0 N–H and O–H groups in total. The molecule has 0 aliphatic rings. The van der Waals surface area contributed by atoms with Crippen LogP contribution < -0.4 is 0 Å². The van der Waals surface area contributed by atoms with Crippen molar-refractivity contribution in [2.75, 3.05) is 4.43 Å². The van der Waals surface area contributed by atoms with E-state index in [2.05, 4.69) is 4.74 Å². The van der Waals surface area contributed by atoms with Gasteiger partial charge in [-0.1, -0.05) is 46.3 Å². The smallest absolute Gasteiger partial charge is 0.352 e. The number of halogens is 8. The number of ether oxygens (including phenoxy) is 1. The van der Waals surface area contributed by atoms with Crippen LogP contribution in [0.1, 0.15) is 11.7 Å². The maximum Gasteiger partial charge on any atom is 0.423 e. The molecule has 114 valence electrons. The van der Waals surface area contributed by atoms with E-state index in [1.807, 2.05) is 0 Å². The SMILES string of the molecule is FC(F)(F)C(OC(CI)c1cccc(Cl)c1)C(F)(F)F. The van der Waals surface area contributed by atoms with Crippen LogP contribution in [-0.2, 0) is 4.74 Å². The van der Waals surface area contributed by atoms with Crippen LogP contribution in [0.5, 0.6) is 0 Å². The highest BCUT2D eigenvalue weighted by Gasteiger charge is 2.58. The summed E-state index contributed by atoms with van der Waals surface area (Å²) < 4.78 is 78.8. The molecule has 0 heterocycles. The zero-order valence-corrected chi connectivity index (χ0v) is 12.5. The summed E-state index contributed by atoms with van der Waals surface area (Å²) in [6.07, 6.45) is -16.2. The number of rotatable bonds is 4. The van der Waals surface area contributed by atoms with E-state index in [1.165, 1.54) is 24.3 Å². The van der Waals surface area contributed by atoms with Crippen LogP contribution in [0.3, 0.4) is 0 Å². The van der Waals surface area contributed by atoms with Gasteiger partial charge in [0.1, 0.15) is 0 Å². The van der Waals surface area contributed by atoms with Crippen LogP contribution in [0, 0.1) is 0 Å². The molecule has 0 spiro atoms. The van der Waals surface area contributed by atoms with E-state index in [0.29, 0.717) is 0 Å². The van der Waals surface area contributed by atoms with Crippen molar-refractivity contribution in [2.45, 2.75) is 24.6 Å². The van der Waals surface area contributed by atoms with Crippen LogP contribution in [0.4, 0.5) is 26.3 Å². The Labute approximate surface area is 129 Å². The molecule has 1 nitrogen and oxygen atoms in total. The summed E-state index contributed by atoms with van der Waals surface area (Å²) in [4.78, 5) is 0. The maximum atomic E-state index is 12.4. The Hall–Kier alpha value is -0.220. The summed E-state index contributed by atoms with van der Waals surface area (Å²) in [5.41, 5.74) is 0.158. The van der Waals surface area contributed by atoms with Crippen molar-refractivity contribution >= 4 is 34.2 Å². The monoisotopic (exact) mass is 432 g/mol. The molecule has 0 aromatic heterocycles. The highest BCUT2D eigenvalue weighted by Crippen LogP contribution is 2.39. The number of alkyl halides is 7. The lowest BCUT2D eigenvalue weighted by atomic mass is 10.1. The minimum Gasteiger partial charge on any atom is -0.352 e. The quantitative estimate of drug-likeness (QED) is 0.355. The lowest BCUT2D eigenvalue weighted by Gasteiger charge is -2.27. The van der Waals surface area contributed by atoms with Gasteiger partial charge in [-0.15, -0.1) is 0 Å². The van der Waals surface area contributed by atoms with Gasteiger partial charge in [-0.05, 0) is 17.7 Å². The molecule has 0 radical (unpaired) electrons.